The molecule has 0 saturated carbocycles. The normalized spacial score (nSPS) is 11.1. The van der Waals surface area contributed by atoms with E-state index in [4.69, 9.17) is 0 Å². The second-order valence-corrected chi connectivity index (χ2v) is 8.95. The molecule has 0 fully saturated rings. The Morgan fingerprint density at radius 2 is 1.74 bits per heavy atom. The summed E-state index contributed by atoms with van der Waals surface area (Å²) in [4.78, 5) is 22.9. The van der Waals surface area contributed by atoms with E-state index in [-0.39, 0.29) is 21.8 Å². The fraction of sp³-hybridized carbons (Fsp3) is 0.0435. The highest BCUT2D eigenvalue weighted by Gasteiger charge is 2.21. The zero-order valence-corrected chi connectivity index (χ0v) is 18.5. The van der Waals surface area contributed by atoms with Crippen LogP contribution in [0, 0.1) is 10.1 Å². The molecule has 4 rings (SSSR count). The number of aromatic nitrogens is 2. The van der Waals surface area contributed by atoms with Crippen LogP contribution >= 0.6 is 0 Å². The first kappa shape index (κ1) is 22.7. The van der Waals surface area contributed by atoms with Crippen molar-refractivity contribution in [3.63, 3.8) is 0 Å². The van der Waals surface area contributed by atoms with Gasteiger partial charge in [0.05, 0.1) is 39.5 Å². The van der Waals surface area contributed by atoms with Crippen LogP contribution in [0.4, 0.5) is 17.1 Å². The Bertz CT molecular complexity index is 1450. The number of nitro groups is 1. The van der Waals surface area contributed by atoms with E-state index in [2.05, 4.69) is 15.1 Å². The van der Waals surface area contributed by atoms with E-state index in [1.807, 2.05) is 30.3 Å². The van der Waals surface area contributed by atoms with Crippen molar-refractivity contribution in [1.29, 1.82) is 0 Å². The molecule has 0 spiro atoms. The minimum Gasteiger partial charge on any atom is -0.319 e. The van der Waals surface area contributed by atoms with E-state index < -0.39 is 20.9 Å². The van der Waals surface area contributed by atoms with Crippen LogP contribution in [0.2, 0.25) is 0 Å². The molecule has 0 aliphatic rings. The number of carbonyl (C=O) groups is 1. The number of non-ortho nitro benzene ring substituents is 1. The SMILES string of the molecule is O=C(Nc1cnn(Cc2ccccc2)c1)c1ccccc1NS(=O)(=O)c1cccc([N+](=O)[O-])c1. The summed E-state index contributed by atoms with van der Waals surface area (Å²) in [7, 11) is -4.18. The van der Waals surface area contributed by atoms with E-state index in [1.54, 1.807) is 23.0 Å². The van der Waals surface area contributed by atoms with Gasteiger partial charge in [0.2, 0.25) is 0 Å². The number of nitro benzene ring substituents is 1. The molecule has 10 nitrogen and oxygen atoms in total. The summed E-state index contributed by atoms with van der Waals surface area (Å²) in [6.07, 6.45) is 3.16. The van der Waals surface area contributed by atoms with Gasteiger partial charge in [0.25, 0.3) is 21.6 Å². The van der Waals surface area contributed by atoms with E-state index in [1.165, 1.54) is 36.5 Å². The van der Waals surface area contributed by atoms with Gasteiger partial charge in [0.15, 0.2) is 0 Å². The Balaban J connectivity index is 1.52. The minimum atomic E-state index is -4.18. The molecule has 1 heterocycles. The fourth-order valence-electron chi connectivity index (χ4n) is 3.22. The van der Waals surface area contributed by atoms with Crippen LogP contribution in [0.3, 0.4) is 0 Å². The molecule has 34 heavy (non-hydrogen) atoms. The van der Waals surface area contributed by atoms with Crippen molar-refractivity contribution in [2.24, 2.45) is 0 Å². The lowest BCUT2D eigenvalue weighted by Crippen LogP contribution is -2.18. The number of nitrogens with one attached hydrogen (secondary N) is 2. The molecule has 1 amide bonds. The van der Waals surface area contributed by atoms with Crippen molar-refractivity contribution in [2.45, 2.75) is 11.4 Å². The highest BCUT2D eigenvalue weighted by atomic mass is 32.2. The molecule has 0 aliphatic carbocycles. The lowest BCUT2D eigenvalue weighted by atomic mass is 10.1. The number of amides is 1. The summed E-state index contributed by atoms with van der Waals surface area (Å²) in [5.74, 6) is -0.545. The van der Waals surface area contributed by atoms with Crippen LogP contribution in [-0.4, -0.2) is 29.0 Å². The smallest absolute Gasteiger partial charge is 0.270 e. The Morgan fingerprint density at radius 1 is 1.00 bits per heavy atom. The Hall–Kier alpha value is -4.51. The third kappa shape index (κ3) is 5.27. The van der Waals surface area contributed by atoms with Crippen LogP contribution < -0.4 is 10.0 Å². The van der Waals surface area contributed by atoms with Gasteiger partial charge in [-0.15, -0.1) is 0 Å². The molecule has 0 atom stereocenters. The molecule has 172 valence electrons. The first-order valence-electron chi connectivity index (χ1n) is 10.1. The summed E-state index contributed by atoms with van der Waals surface area (Å²) in [6.45, 7) is 0.524. The van der Waals surface area contributed by atoms with Gasteiger partial charge >= 0.3 is 0 Å². The summed E-state index contributed by atoms with van der Waals surface area (Å²) < 4.78 is 29.6. The van der Waals surface area contributed by atoms with Crippen LogP contribution in [0.15, 0.2) is 96.2 Å². The minimum absolute atomic E-state index is 0.0307. The van der Waals surface area contributed by atoms with Crippen LogP contribution in [0.5, 0.6) is 0 Å². The molecule has 0 unspecified atom stereocenters. The molecule has 3 aromatic carbocycles. The second-order valence-electron chi connectivity index (χ2n) is 7.27. The molecule has 0 saturated heterocycles. The van der Waals surface area contributed by atoms with Gasteiger partial charge in [-0.1, -0.05) is 48.5 Å². The van der Waals surface area contributed by atoms with Gasteiger partial charge in [0, 0.05) is 18.3 Å². The van der Waals surface area contributed by atoms with Gasteiger partial charge < -0.3 is 5.32 Å². The second kappa shape index (κ2) is 9.55. The third-order valence-corrected chi connectivity index (χ3v) is 6.20. The summed E-state index contributed by atoms with van der Waals surface area (Å²) in [6, 6.07) is 20.4. The maximum absolute atomic E-state index is 12.9. The quantitative estimate of drug-likeness (QED) is 0.292. The van der Waals surface area contributed by atoms with Crippen molar-refractivity contribution in [2.75, 3.05) is 10.0 Å². The molecule has 1 aromatic heterocycles. The van der Waals surface area contributed by atoms with E-state index in [0.29, 0.717) is 12.2 Å². The number of nitrogens with zero attached hydrogens (tertiary/aromatic N) is 3. The summed E-state index contributed by atoms with van der Waals surface area (Å²) >= 11 is 0. The molecular weight excluding hydrogens is 458 g/mol. The molecule has 0 aliphatic heterocycles. The number of benzene rings is 3. The number of hydrogen-bond donors (Lipinski definition) is 2. The van der Waals surface area contributed by atoms with Gasteiger partial charge in [0.1, 0.15) is 0 Å². The van der Waals surface area contributed by atoms with E-state index >= 15 is 0 Å². The van der Waals surface area contributed by atoms with Gasteiger partial charge in [-0.3, -0.25) is 24.3 Å². The molecule has 2 N–H and O–H groups in total. The number of hydrogen-bond acceptors (Lipinski definition) is 6. The van der Waals surface area contributed by atoms with Crippen LogP contribution in [0.25, 0.3) is 0 Å². The maximum Gasteiger partial charge on any atom is 0.270 e. The van der Waals surface area contributed by atoms with Crippen LogP contribution in [-0.2, 0) is 16.6 Å². The first-order valence-corrected chi connectivity index (χ1v) is 11.5. The largest absolute Gasteiger partial charge is 0.319 e. The summed E-state index contributed by atoms with van der Waals surface area (Å²) in [5.41, 5.74) is 1.23. The van der Waals surface area contributed by atoms with Gasteiger partial charge in [-0.25, -0.2) is 8.42 Å². The Kier molecular flexibility index (Phi) is 6.37. The number of anilines is 2. The van der Waals surface area contributed by atoms with Crippen molar-refractivity contribution in [3.05, 3.63) is 112 Å². The van der Waals surface area contributed by atoms with Crippen LogP contribution in [0.1, 0.15) is 15.9 Å². The predicted octanol–water partition coefficient (Wildman–Crippen LogP) is 3.89. The summed E-state index contributed by atoms with van der Waals surface area (Å²) in [5, 5.41) is 17.9. The number of rotatable bonds is 8. The van der Waals surface area contributed by atoms with E-state index in [9.17, 15) is 23.3 Å². The number of carbonyl (C=O) groups excluding carboxylic acids is 1. The zero-order valence-electron chi connectivity index (χ0n) is 17.7. The Morgan fingerprint density at radius 3 is 2.50 bits per heavy atom. The van der Waals surface area contributed by atoms with Gasteiger partial charge in [-0.2, -0.15) is 5.10 Å². The third-order valence-electron chi connectivity index (χ3n) is 4.83. The molecule has 11 heteroatoms. The van der Waals surface area contributed by atoms with E-state index in [0.717, 1.165) is 11.6 Å². The maximum atomic E-state index is 12.9. The first-order chi connectivity index (χ1) is 16.3. The Labute approximate surface area is 195 Å². The molecular formula is C23H19N5O5S. The molecule has 0 bridgehead atoms. The van der Waals surface area contributed by atoms with Crippen molar-refractivity contribution in [1.82, 2.24) is 9.78 Å². The predicted molar refractivity (Wildman–Crippen MR) is 126 cm³/mol. The monoisotopic (exact) mass is 477 g/mol. The van der Waals surface area contributed by atoms with Crippen molar-refractivity contribution >= 4 is 33.0 Å². The van der Waals surface area contributed by atoms with Crippen molar-refractivity contribution < 1.29 is 18.1 Å². The number of para-hydroxylation sites is 1. The lowest BCUT2D eigenvalue weighted by Gasteiger charge is -2.12. The van der Waals surface area contributed by atoms with Gasteiger partial charge in [-0.05, 0) is 23.8 Å². The molecule has 4 aromatic rings. The topological polar surface area (TPSA) is 136 Å². The van der Waals surface area contributed by atoms with Crippen molar-refractivity contribution in [3.8, 4) is 0 Å². The number of sulfonamides is 1. The fourth-order valence-corrected chi connectivity index (χ4v) is 4.34. The zero-order chi connectivity index (χ0) is 24.1. The average molecular weight is 478 g/mol. The lowest BCUT2D eigenvalue weighted by molar-refractivity contribution is -0.385. The average Bonchev–Trinajstić information content (AvgIpc) is 3.26. The highest BCUT2D eigenvalue weighted by molar-refractivity contribution is 7.92. The molecule has 0 radical (unpaired) electrons. The standard InChI is InChI=1S/C23H19N5O5S/c29-23(25-18-14-24-27(16-18)15-17-7-2-1-3-8-17)21-11-4-5-12-22(21)26-34(32,33)20-10-6-9-19(13-20)28(30)31/h1-14,16,26H,15H2,(H,25,29). The highest BCUT2D eigenvalue weighted by Crippen LogP contribution is 2.23.